The van der Waals surface area contributed by atoms with E-state index in [2.05, 4.69) is 15.9 Å². The zero-order chi connectivity index (χ0) is 14.2. The van der Waals surface area contributed by atoms with Gasteiger partial charge in [0.2, 0.25) is 0 Å². The summed E-state index contributed by atoms with van der Waals surface area (Å²) >= 11 is 3.40. The summed E-state index contributed by atoms with van der Waals surface area (Å²) in [4.78, 5) is 22.4. The number of hydrogen-bond acceptors (Lipinski definition) is 6. The Labute approximate surface area is 119 Å². The minimum absolute atomic E-state index is 0.0199. The zero-order valence-electron chi connectivity index (χ0n) is 11.1. The molecule has 1 saturated heterocycles. The second-order valence-electron chi connectivity index (χ2n) is 4.88. The highest BCUT2D eigenvalue weighted by molar-refractivity contribution is 9.09. The number of rotatable bonds is 4. The van der Waals surface area contributed by atoms with Crippen molar-refractivity contribution in [2.24, 2.45) is 5.92 Å². The van der Waals surface area contributed by atoms with Crippen molar-refractivity contribution in [2.75, 3.05) is 12.4 Å². The first-order valence-corrected chi connectivity index (χ1v) is 7.16. The lowest BCUT2D eigenvalue weighted by molar-refractivity contribution is -0.267. The van der Waals surface area contributed by atoms with Crippen molar-refractivity contribution in [2.45, 2.75) is 44.4 Å². The summed E-state index contributed by atoms with van der Waals surface area (Å²) in [5, 5.41) is 0.620. The third-order valence-electron chi connectivity index (χ3n) is 3.48. The molecule has 19 heavy (non-hydrogen) atoms. The van der Waals surface area contributed by atoms with Crippen LogP contribution in [0.2, 0.25) is 0 Å². The van der Waals surface area contributed by atoms with Gasteiger partial charge in [-0.05, 0) is 6.42 Å². The van der Waals surface area contributed by atoms with Crippen molar-refractivity contribution in [3.8, 4) is 0 Å². The molecule has 0 unspecified atom stereocenters. The van der Waals surface area contributed by atoms with Gasteiger partial charge in [0.15, 0.2) is 12.4 Å². The zero-order valence-corrected chi connectivity index (χ0v) is 12.6. The Hall–Kier alpha value is -0.660. The lowest BCUT2D eigenvalue weighted by Gasteiger charge is -2.38. The van der Waals surface area contributed by atoms with E-state index >= 15 is 0 Å². The largest absolute Gasteiger partial charge is 0.458 e. The number of ether oxygens (including phenoxy) is 4. The van der Waals surface area contributed by atoms with E-state index in [1.54, 1.807) is 0 Å². The third kappa shape index (κ3) is 2.78. The Kier molecular flexibility index (Phi) is 4.17. The Morgan fingerprint density at radius 2 is 1.84 bits per heavy atom. The van der Waals surface area contributed by atoms with Crippen LogP contribution in [0.5, 0.6) is 0 Å². The number of halogens is 1. The van der Waals surface area contributed by atoms with Crippen LogP contribution in [0, 0.1) is 5.92 Å². The van der Waals surface area contributed by atoms with Crippen LogP contribution in [0.15, 0.2) is 0 Å². The first-order valence-electron chi connectivity index (χ1n) is 6.04. The van der Waals surface area contributed by atoms with E-state index in [0.29, 0.717) is 5.33 Å². The molecule has 1 heterocycles. The Bertz CT molecular complexity index is 386. The predicted octanol–water partition coefficient (Wildman–Crippen LogP) is 1.01. The second-order valence-corrected chi connectivity index (χ2v) is 5.44. The molecule has 2 aliphatic rings. The standard InChI is InChI=1S/C12H17BrO6/c1-6(14)17-9-8-4-12(8,5-13)19-11(16-3)10(9)18-7(2)15/h8-11H,4-5H2,1-3H3/t8-,9-,10-,11-,12+/m0/s1. The topological polar surface area (TPSA) is 71.1 Å². The Balaban J connectivity index is 2.21. The molecule has 0 N–H and O–H groups in total. The second kappa shape index (κ2) is 5.38. The van der Waals surface area contributed by atoms with Crippen molar-refractivity contribution >= 4 is 27.9 Å². The number of hydrogen-bond donors (Lipinski definition) is 0. The quantitative estimate of drug-likeness (QED) is 0.563. The Morgan fingerprint density at radius 1 is 1.26 bits per heavy atom. The highest BCUT2D eigenvalue weighted by Crippen LogP contribution is 2.56. The van der Waals surface area contributed by atoms with Crippen LogP contribution in [0.3, 0.4) is 0 Å². The maximum absolute atomic E-state index is 11.2. The SMILES string of the molecule is CO[C@H]1O[C@@]2(CBr)C[C@H]2[C@H](OC(C)=O)[C@@H]1OC(C)=O. The van der Waals surface area contributed by atoms with E-state index < -0.39 is 36.0 Å². The Morgan fingerprint density at radius 3 is 2.32 bits per heavy atom. The predicted molar refractivity (Wildman–Crippen MR) is 67.6 cm³/mol. The summed E-state index contributed by atoms with van der Waals surface area (Å²) in [6.45, 7) is 2.64. The van der Waals surface area contributed by atoms with Crippen molar-refractivity contribution in [3.05, 3.63) is 0 Å². The lowest BCUT2D eigenvalue weighted by Crippen LogP contribution is -2.54. The number of esters is 2. The maximum atomic E-state index is 11.2. The molecule has 108 valence electrons. The van der Waals surface area contributed by atoms with E-state index in [0.717, 1.165) is 6.42 Å². The molecule has 2 rings (SSSR count). The molecule has 1 saturated carbocycles. The van der Waals surface area contributed by atoms with Gasteiger partial charge in [-0.25, -0.2) is 0 Å². The summed E-state index contributed by atoms with van der Waals surface area (Å²) in [6.07, 6.45) is -1.25. The fourth-order valence-electron chi connectivity index (χ4n) is 2.57. The molecular weight excluding hydrogens is 320 g/mol. The van der Waals surface area contributed by atoms with Crippen molar-refractivity contribution in [1.82, 2.24) is 0 Å². The fourth-order valence-corrected chi connectivity index (χ4v) is 3.35. The van der Waals surface area contributed by atoms with E-state index in [-0.39, 0.29) is 5.92 Å². The van der Waals surface area contributed by atoms with Crippen LogP contribution in [0.4, 0.5) is 0 Å². The van der Waals surface area contributed by atoms with Crippen LogP contribution in [-0.2, 0) is 28.5 Å². The minimum atomic E-state index is -0.732. The summed E-state index contributed by atoms with van der Waals surface area (Å²) in [5.74, 6) is -0.847. The van der Waals surface area contributed by atoms with Crippen LogP contribution in [-0.4, -0.2) is 48.5 Å². The van der Waals surface area contributed by atoms with Crippen LogP contribution in [0.25, 0.3) is 0 Å². The summed E-state index contributed by atoms with van der Waals surface area (Å²) in [7, 11) is 1.47. The van der Waals surface area contributed by atoms with Crippen LogP contribution < -0.4 is 0 Å². The van der Waals surface area contributed by atoms with Crippen LogP contribution in [0.1, 0.15) is 20.3 Å². The molecule has 0 aromatic carbocycles. The van der Waals surface area contributed by atoms with Gasteiger partial charge in [-0.15, -0.1) is 0 Å². The molecule has 0 aromatic heterocycles. The van der Waals surface area contributed by atoms with Crippen LogP contribution >= 0.6 is 15.9 Å². The molecule has 0 bridgehead atoms. The molecule has 1 aliphatic carbocycles. The summed E-state index contributed by atoms with van der Waals surface area (Å²) in [5.41, 5.74) is -0.391. The van der Waals surface area contributed by atoms with E-state index in [1.807, 2.05) is 0 Å². The molecule has 5 atom stereocenters. The molecule has 6 nitrogen and oxygen atoms in total. The van der Waals surface area contributed by atoms with Gasteiger partial charge < -0.3 is 18.9 Å². The number of methoxy groups -OCH3 is 1. The molecule has 0 spiro atoms. The highest BCUT2D eigenvalue weighted by atomic mass is 79.9. The first kappa shape index (κ1) is 14.7. The summed E-state index contributed by atoms with van der Waals surface area (Å²) in [6, 6.07) is 0. The number of carbonyl (C=O) groups excluding carboxylic acids is 2. The van der Waals surface area contributed by atoms with Gasteiger partial charge in [0, 0.05) is 32.2 Å². The first-order chi connectivity index (χ1) is 8.93. The smallest absolute Gasteiger partial charge is 0.303 e. The number of alkyl halides is 1. The van der Waals surface area contributed by atoms with Crippen molar-refractivity contribution < 1.29 is 28.5 Å². The van der Waals surface area contributed by atoms with Gasteiger partial charge in [0.25, 0.3) is 0 Å². The molecule has 1 aliphatic heterocycles. The average Bonchev–Trinajstić information content (AvgIpc) is 3.06. The van der Waals surface area contributed by atoms with Crippen molar-refractivity contribution in [1.29, 1.82) is 0 Å². The molecule has 0 radical (unpaired) electrons. The maximum Gasteiger partial charge on any atom is 0.303 e. The van der Waals surface area contributed by atoms with Crippen molar-refractivity contribution in [3.63, 3.8) is 0 Å². The molecule has 0 aromatic rings. The monoisotopic (exact) mass is 336 g/mol. The third-order valence-corrected chi connectivity index (χ3v) is 4.43. The van der Waals surface area contributed by atoms with Gasteiger partial charge in [0.1, 0.15) is 6.10 Å². The normalized spacial score (nSPS) is 40.2. The number of carbonyl (C=O) groups is 2. The highest BCUT2D eigenvalue weighted by Gasteiger charge is 2.68. The lowest BCUT2D eigenvalue weighted by atomic mass is 10.0. The number of fused-ring (bicyclic) bond motifs is 1. The van der Waals surface area contributed by atoms with Gasteiger partial charge in [-0.2, -0.15) is 0 Å². The van der Waals surface area contributed by atoms with E-state index in [9.17, 15) is 9.59 Å². The molecule has 0 amide bonds. The minimum Gasteiger partial charge on any atom is -0.458 e. The van der Waals surface area contributed by atoms with Gasteiger partial charge in [-0.3, -0.25) is 9.59 Å². The van der Waals surface area contributed by atoms with E-state index in [1.165, 1.54) is 21.0 Å². The summed E-state index contributed by atoms with van der Waals surface area (Å²) < 4.78 is 21.6. The van der Waals surface area contributed by atoms with Gasteiger partial charge in [-0.1, -0.05) is 15.9 Å². The molecule has 7 heteroatoms. The molecule has 2 fully saturated rings. The molecular formula is C12H17BrO6. The average molecular weight is 337 g/mol. The van der Waals surface area contributed by atoms with Gasteiger partial charge in [0.05, 0.1) is 5.60 Å². The van der Waals surface area contributed by atoms with Gasteiger partial charge >= 0.3 is 11.9 Å². The fraction of sp³-hybridized carbons (Fsp3) is 0.833. The van der Waals surface area contributed by atoms with E-state index in [4.69, 9.17) is 18.9 Å².